The van der Waals surface area contributed by atoms with Crippen molar-refractivity contribution in [3.63, 3.8) is 0 Å². The number of rotatable bonds is 9. The molecule has 10 nitrogen and oxygen atoms in total. The molecule has 0 fully saturated rings. The van der Waals surface area contributed by atoms with Gasteiger partial charge in [-0.3, -0.25) is 25.1 Å². The number of carbonyl (C=O) groups excluding carboxylic acids is 3. The van der Waals surface area contributed by atoms with Gasteiger partial charge < -0.3 is 10.1 Å². The van der Waals surface area contributed by atoms with Gasteiger partial charge in [-0.25, -0.2) is 15.3 Å². The largest absolute Gasteiger partial charge is 0.444 e. The number of nitrogens with one attached hydrogen (secondary N) is 3. The quantitative estimate of drug-likeness (QED) is 0.285. The van der Waals surface area contributed by atoms with Crippen molar-refractivity contribution in [1.29, 1.82) is 0 Å². The molecule has 0 atom stereocenters. The molecule has 11 heteroatoms. The molecule has 2 aromatic heterocycles. The fraction of sp³-hybridized carbons (Fsp3) is 0.312. The number of carbonyl (C=O) groups is 3. The van der Waals surface area contributed by atoms with Crippen molar-refractivity contribution in [2.45, 2.75) is 25.9 Å². The molecule has 0 bridgehead atoms. The van der Waals surface area contributed by atoms with Gasteiger partial charge >= 0.3 is 6.09 Å². The molecule has 0 aliphatic heterocycles. The smallest absolute Gasteiger partial charge is 0.413 e. The molecule has 27 heavy (non-hydrogen) atoms. The maximum absolute atomic E-state index is 11.8. The standard InChI is InChI=1S/C16H19N5O5S/c22-13(21-25)2-1-5-18-14(23)8-12-10-27-15(19-12)20-16(24)26-9-11-3-6-17-7-4-11/h3-4,6-7,10,25H,1-2,5,8-9H2,(H,18,23)(H,21,22)(H,19,20,24). The number of ether oxygens (including phenoxy) is 1. The lowest BCUT2D eigenvalue weighted by atomic mass is 10.3. The predicted octanol–water partition coefficient (Wildman–Crippen LogP) is 1.23. The van der Waals surface area contributed by atoms with Crippen LogP contribution in [0, 0.1) is 0 Å². The first kappa shape index (κ1) is 20.3. The van der Waals surface area contributed by atoms with Crippen LogP contribution >= 0.6 is 11.3 Å². The molecule has 144 valence electrons. The molecule has 2 heterocycles. The van der Waals surface area contributed by atoms with Crippen LogP contribution in [0.1, 0.15) is 24.1 Å². The summed E-state index contributed by atoms with van der Waals surface area (Å²) in [7, 11) is 0. The molecule has 2 rings (SSSR count). The van der Waals surface area contributed by atoms with Crippen molar-refractivity contribution in [3.8, 4) is 0 Å². The zero-order chi connectivity index (χ0) is 19.5. The van der Waals surface area contributed by atoms with Crippen molar-refractivity contribution in [1.82, 2.24) is 20.8 Å². The van der Waals surface area contributed by atoms with Gasteiger partial charge in [0, 0.05) is 30.7 Å². The Morgan fingerprint density at radius 1 is 1.19 bits per heavy atom. The zero-order valence-corrected chi connectivity index (χ0v) is 15.1. The van der Waals surface area contributed by atoms with Crippen LogP contribution in [-0.4, -0.2) is 39.6 Å². The maximum atomic E-state index is 11.8. The van der Waals surface area contributed by atoms with Crippen molar-refractivity contribution in [3.05, 3.63) is 41.2 Å². The van der Waals surface area contributed by atoms with Crippen LogP contribution in [0.15, 0.2) is 29.9 Å². The van der Waals surface area contributed by atoms with Crippen LogP contribution in [0.5, 0.6) is 0 Å². The average molecular weight is 393 g/mol. The fourth-order valence-electron chi connectivity index (χ4n) is 1.96. The first-order valence-corrected chi connectivity index (χ1v) is 8.91. The second kappa shape index (κ2) is 10.8. The molecule has 0 saturated carbocycles. The third-order valence-corrected chi connectivity index (χ3v) is 4.06. The highest BCUT2D eigenvalue weighted by Crippen LogP contribution is 2.16. The van der Waals surface area contributed by atoms with E-state index in [1.807, 2.05) is 0 Å². The second-order valence-electron chi connectivity index (χ2n) is 5.37. The molecule has 3 amide bonds. The lowest BCUT2D eigenvalue weighted by Crippen LogP contribution is -2.27. The topological polar surface area (TPSA) is 143 Å². The Kier molecular flexibility index (Phi) is 8.13. The minimum atomic E-state index is -0.640. The van der Waals surface area contributed by atoms with Crippen molar-refractivity contribution in [2.24, 2.45) is 0 Å². The predicted molar refractivity (Wildman–Crippen MR) is 96.0 cm³/mol. The number of hydrogen-bond donors (Lipinski definition) is 4. The molecule has 2 aromatic rings. The van der Waals surface area contributed by atoms with Crippen LogP contribution in [0.4, 0.5) is 9.93 Å². The number of amides is 3. The van der Waals surface area contributed by atoms with E-state index in [-0.39, 0.29) is 25.4 Å². The number of pyridine rings is 1. The zero-order valence-electron chi connectivity index (χ0n) is 14.3. The van der Waals surface area contributed by atoms with Gasteiger partial charge in [0.05, 0.1) is 12.1 Å². The van der Waals surface area contributed by atoms with E-state index in [1.54, 1.807) is 29.9 Å². The van der Waals surface area contributed by atoms with Crippen LogP contribution in [0.3, 0.4) is 0 Å². The fourth-order valence-corrected chi connectivity index (χ4v) is 2.65. The molecule has 0 spiro atoms. The second-order valence-corrected chi connectivity index (χ2v) is 6.22. The molecule has 4 N–H and O–H groups in total. The Bertz CT molecular complexity index is 768. The van der Waals surface area contributed by atoms with Crippen LogP contribution in [0.25, 0.3) is 0 Å². The van der Waals surface area contributed by atoms with E-state index in [4.69, 9.17) is 9.94 Å². The summed E-state index contributed by atoms with van der Waals surface area (Å²) in [5, 5.41) is 15.5. The van der Waals surface area contributed by atoms with Gasteiger partial charge in [-0.2, -0.15) is 0 Å². The van der Waals surface area contributed by atoms with E-state index in [0.29, 0.717) is 23.8 Å². The summed E-state index contributed by atoms with van der Waals surface area (Å²) in [5.41, 5.74) is 2.84. The van der Waals surface area contributed by atoms with Gasteiger partial charge in [-0.1, -0.05) is 0 Å². The molecule has 0 aliphatic rings. The number of nitrogens with zero attached hydrogens (tertiary/aromatic N) is 2. The highest BCUT2D eigenvalue weighted by atomic mass is 32.1. The van der Waals surface area contributed by atoms with Crippen LogP contribution in [-0.2, 0) is 27.4 Å². The van der Waals surface area contributed by atoms with E-state index in [2.05, 4.69) is 20.6 Å². The van der Waals surface area contributed by atoms with Gasteiger partial charge in [0.1, 0.15) is 6.61 Å². The normalized spacial score (nSPS) is 10.1. The lowest BCUT2D eigenvalue weighted by molar-refractivity contribution is -0.129. The van der Waals surface area contributed by atoms with Gasteiger partial charge in [0.25, 0.3) is 0 Å². The number of thiazole rings is 1. The number of anilines is 1. The summed E-state index contributed by atoms with van der Waals surface area (Å²) in [5.74, 6) is -0.758. The Labute approximate surface area is 158 Å². The molecule has 0 saturated heterocycles. The summed E-state index contributed by atoms with van der Waals surface area (Å²) in [6.45, 7) is 0.423. The maximum Gasteiger partial charge on any atom is 0.413 e. The van der Waals surface area contributed by atoms with Gasteiger partial charge in [0.2, 0.25) is 11.8 Å². The Morgan fingerprint density at radius 2 is 1.96 bits per heavy atom. The van der Waals surface area contributed by atoms with Gasteiger partial charge in [-0.15, -0.1) is 11.3 Å². The molecule has 0 aromatic carbocycles. The highest BCUT2D eigenvalue weighted by molar-refractivity contribution is 7.13. The highest BCUT2D eigenvalue weighted by Gasteiger charge is 2.11. The minimum Gasteiger partial charge on any atom is -0.444 e. The van der Waals surface area contributed by atoms with Gasteiger partial charge in [-0.05, 0) is 24.1 Å². The first-order valence-electron chi connectivity index (χ1n) is 8.03. The lowest BCUT2D eigenvalue weighted by Gasteiger charge is -2.04. The molecular weight excluding hydrogens is 374 g/mol. The summed E-state index contributed by atoms with van der Waals surface area (Å²) < 4.78 is 5.08. The summed E-state index contributed by atoms with van der Waals surface area (Å²) >= 11 is 1.18. The molecule has 0 unspecified atom stereocenters. The van der Waals surface area contributed by atoms with Crippen LogP contribution < -0.4 is 16.1 Å². The van der Waals surface area contributed by atoms with E-state index in [0.717, 1.165) is 5.56 Å². The Hall–Kier alpha value is -3.05. The van der Waals surface area contributed by atoms with Crippen molar-refractivity contribution < 1.29 is 24.3 Å². The Balaban J connectivity index is 1.68. The molecular formula is C16H19N5O5S. The SMILES string of the molecule is O=C(CCCNC(=O)Cc1csc(NC(=O)OCc2ccncc2)n1)NO. The van der Waals surface area contributed by atoms with Crippen LogP contribution in [0.2, 0.25) is 0 Å². The van der Waals surface area contributed by atoms with E-state index in [1.165, 1.54) is 16.8 Å². The average Bonchev–Trinajstić information content (AvgIpc) is 3.10. The Morgan fingerprint density at radius 3 is 2.70 bits per heavy atom. The third kappa shape index (κ3) is 7.79. The third-order valence-electron chi connectivity index (χ3n) is 3.25. The molecule has 0 radical (unpaired) electrons. The van der Waals surface area contributed by atoms with E-state index in [9.17, 15) is 14.4 Å². The van der Waals surface area contributed by atoms with Crippen molar-refractivity contribution >= 4 is 34.4 Å². The van der Waals surface area contributed by atoms with Crippen molar-refractivity contribution in [2.75, 3.05) is 11.9 Å². The monoisotopic (exact) mass is 393 g/mol. The molecule has 0 aliphatic carbocycles. The van der Waals surface area contributed by atoms with Gasteiger partial charge in [0.15, 0.2) is 5.13 Å². The van der Waals surface area contributed by atoms with E-state index < -0.39 is 12.0 Å². The number of aromatic nitrogens is 2. The minimum absolute atomic E-state index is 0.0520. The number of hydrogen-bond acceptors (Lipinski definition) is 8. The first-order chi connectivity index (χ1) is 13.1. The summed E-state index contributed by atoms with van der Waals surface area (Å²) in [4.78, 5) is 42.4. The number of hydroxylamine groups is 1. The van der Waals surface area contributed by atoms with E-state index >= 15 is 0 Å². The summed E-state index contributed by atoms with van der Waals surface area (Å²) in [6.07, 6.45) is 3.15. The summed E-state index contributed by atoms with van der Waals surface area (Å²) in [6, 6.07) is 3.48.